The summed E-state index contributed by atoms with van der Waals surface area (Å²) >= 11 is 1.67. The molecule has 0 aliphatic carbocycles. The molecule has 0 saturated carbocycles. The molecule has 1 aromatic carbocycles. The van der Waals surface area contributed by atoms with Crippen LogP contribution in [0, 0.1) is 26.6 Å². The molecule has 6 heteroatoms. The summed E-state index contributed by atoms with van der Waals surface area (Å²) in [6.45, 7) is 7.72. The lowest BCUT2D eigenvalue weighted by Gasteiger charge is -2.20. The van der Waals surface area contributed by atoms with E-state index in [2.05, 4.69) is 39.7 Å². The van der Waals surface area contributed by atoms with Gasteiger partial charge in [0.15, 0.2) is 5.82 Å². The lowest BCUT2D eigenvalue weighted by Crippen LogP contribution is -2.19. The lowest BCUT2D eigenvalue weighted by atomic mass is 10.2. The number of thiazole rings is 1. The van der Waals surface area contributed by atoms with Crippen molar-refractivity contribution in [2.45, 2.75) is 33.9 Å². The Morgan fingerprint density at radius 3 is 2.54 bits per heavy atom. The Hall–Kier alpha value is -2.73. The van der Waals surface area contributed by atoms with Crippen LogP contribution in [0.15, 0.2) is 41.9 Å². The van der Waals surface area contributed by atoms with Crippen LogP contribution in [0.2, 0.25) is 0 Å². The zero-order valence-corrected chi connectivity index (χ0v) is 17.3. The van der Waals surface area contributed by atoms with E-state index < -0.39 is 0 Å². The molecule has 0 bridgehead atoms. The van der Waals surface area contributed by atoms with Crippen LogP contribution in [-0.2, 0) is 13.1 Å². The van der Waals surface area contributed by atoms with Crippen molar-refractivity contribution in [3.63, 3.8) is 0 Å². The summed E-state index contributed by atoms with van der Waals surface area (Å²) in [5.74, 6) is 0.704. The molecule has 3 heterocycles. The summed E-state index contributed by atoms with van der Waals surface area (Å²) in [6, 6.07) is 8.71. The fourth-order valence-corrected chi connectivity index (χ4v) is 4.24. The van der Waals surface area contributed by atoms with Crippen molar-refractivity contribution >= 4 is 28.1 Å². The molecule has 0 saturated heterocycles. The molecule has 4 rings (SSSR count). The van der Waals surface area contributed by atoms with Gasteiger partial charge in [-0.15, -0.1) is 11.3 Å². The largest absolute Gasteiger partial charge is 0.354 e. The van der Waals surface area contributed by atoms with E-state index in [9.17, 15) is 4.39 Å². The van der Waals surface area contributed by atoms with Crippen LogP contribution in [0.3, 0.4) is 0 Å². The van der Waals surface area contributed by atoms with Crippen molar-refractivity contribution in [1.82, 2.24) is 14.5 Å². The lowest BCUT2D eigenvalue weighted by molar-refractivity contribution is 0.627. The van der Waals surface area contributed by atoms with E-state index in [1.165, 1.54) is 28.8 Å². The molecule has 0 unspecified atom stereocenters. The smallest absolute Gasteiger partial charge is 0.153 e. The predicted octanol–water partition coefficient (Wildman–Crippen LogP) is 5.24. The second-order valence-corrected chi connectivity index (χ2v) is 8.23. The third kappa shape index (κ3) is 3.40. The maximum absolute atomic E-state index is 13.2. The van der Waals surface area contributed by atoms with E-state index in [-0.39, 0.29) is 5.82 Å². The third-order valence-electron chi connectivity index (χ3n) is 5.21. The van der Waals surface area contributed by atoms with Crippen LogP contribution in [0.25, 0.3) is 10.9 Å². The topological polar surface area (TPSA) is 34.0 Å². The molecular weight excluding hydrogens is 371 g/mol. The number of aromatic nitrogens is 3. The van der Waals surface area contributed by atoms with Gasteiger partial charge in [-0.3, -0.25) is 0 Å². The van der Waals surface area contributed by atoms with Gasteiger partial charge in [-0.25, -0.2) is 14.4 Å². The van der Waals surface area contributed by atoms with Crippen LogP contribution >= 0.6 is 11.3 Å². The number of anilines is 1. The van der Waals surface area contributed by atoms with Gasteiger partial charge in [0.2, 0.25) is 0 Å². The van der Waals surface area contributed by atoms with Crippen molar-refractivity contribution in [3.8, 4) is 0 Å². The molecule has 0 aliphatic heterocycles. The molecule has 4 aromatic rings. The van der Waals surface area contributed by atoms with Gasteiger partial charge in [0.25, 0.3) is 0 Å². The number of nitrogens with zero attached hydrogens (tertiary/aromatic N) is 4. The first-order valence-corrected chi connectivity index (χ1v) is 10.1. The van der Waals surface area contributed by atoms with E-state index in [4.69, 9.17) is 4.98 Å². The molecule has 28 heavy (non-hydrogen) atoms. The average molecular weight is 395 g/mol. The van der Waals surface area contributed by atoms with E-state index in [0.717, 1.165) is 34.1 Å². The molecule has 0 spiro atoms. The molecule has 3 aromatic heterocycles. The number of hydrogen-bond acceptors (Lipinski definition) is 4. The zero-order valence-electron chi connectivity index (χ0n) is 16.5. The molecular formula is C22H23FN4S. The highest BCUT2D eigenvalue weighted by atomic mass is 32.1. The molecule has 0 N–H and O–H groups in total. The molecule has 144 valence electrons. The van der Waals surface area contributed by atoms with Gasteiger partial charge >= 0.3 is 0 Å². The van der Waals surface area contributed by atoms with Crippen molar-refractivity contribution in [3.05, 3.63) is 75.2 Å². The monoisotopic (exact) mass is 394 g/mol. The summed E-state index contributed by atoms with van der Waals surface area (Å²) in [7, 11) is 2.03. The standard InChI is InChI=1S/C22H23FN4S/c1-14-15(2)27(12-19-13-28-16(3)25-19)21-20(14)9-10-24-22(21)26(4)11-17-5-7-18(23)8-6-17/h5-10,13H,11-12H2,1-4H3. The minimum atomic E-state index is -0.217. The van der Waals surface area contributed by atoms with Gasteiger partial charge in [-0.2, -0.15) is 0 Å². The first-order chi connectivity index (χ1) is 13.4. The highest BCUT2D eigenvalue weighted by molar-refractivity contribution is 7.09. The number of benzene rings is 1. The van der Waals surface area contributed by atoms with Crippen LogP contribution in [0.1, 0.15) is 27.5 Å². The number of pyridine rings is 1. The maximum atomic E-state index is 13.2. The molecule has 0 radical (unpaired) electrons. The molecule has 0 atom stereocenters. The fourth-order valence-electron chi connectivity index (χ4n) is 3.64. The minimum absolute atomic E-state index is 0.217. The van der Waals surface area contributed by atoms with Gasteiger partial charge in [0.1, 0.15) is 5.82 Å². The van der Waals surface area contributed by atoms with E-state index in [1.807, 2.05) is 32.3 Å². The van der Waals surface area contributed by atoms with Crippen LogP contribution in [0.4, 0.5) is 10.2 Å². The normalized spacial score (nSPS) is 11.3. The average Bonchev–Trinajstić information content (AvgIpc) is 3.20. The molecule has 4 nitrogen and oxygen atoms in total. The summed E-state index contributed by atoms with van der Waals surface area (Å²) in [5.41, 5.74) is 5.72. The second-order valence-electron chi connectivity index (χ2n) is 7.17. The van der Waals surface area contributed by atoms with Crippen molar-refractivity contribution in [1.29, 1.82) is 0 Å². The van der Waals surface area contributed by atoms with Gasteiger partial charge in [0, 0.05) is 36.2 Å². The Balaban J connectivity index is 1.77. The maximum Gasteiger partial charge on any atom is 0.153 e. The number of hydrogen-bond donors (Lipinski definition) is 0. The zero-order chi connectivity index (χ0) is 19.8. The highest BCUT2D eigenvalue weighted by Crippen LogP contribution is 2.32. The number of aryl methyl sites for hydroxylation is 2. The van der Waals surface area contributed by atoms with E-state index >= 15 is 0 Å². The Morgan fingerprint density at radius 2 is 1.86 bits per heavy atom. The second kappa shape index (κ2) is 7.36. The van der Waals surface area contributed by atoms with Crippen LogP contribution in [-0.4, -0.2) is 21.6 Å². The van der Waals surface area contributed by atoms with E-state index in [0.29, 0.717) is 6.54 Å². The highest BCUT2D eigenvalue weighted by Gasteiger charge is 2.18. The van der Waals surface area contributed by atoms with Crippen molar-refractivity contribution in [2.24, 2.45) is 0 Å². The summed E-state index contributed by atoms with van der Waals surface area (Å²) in [4.78, 5) is 11.5. The number of halogens is 1. The summed E-state index contributed by atoms with van der Waals surface area (Å²) in [6.07, 6.45) is 1.86. The van der Waals surface area contributed by atoms with Gasteiger partial charge in [0.05, 0.1) is 22.8 Å². The quantitative estimate of drug-likeness (QED) is 0.464. The SMILES string of the molecule is Cc1nc(Cn2c(C)c(C)c3ccnc(N(C)Cc4ccc(F)cc4)c32)cs1. The minimum Gasteiger partial charge on any atom is -0.354 e. The van der Waals surface area contributed by atoms with Crippen molar-refractivity contribution in [2.75, 3.05) is 11.9 Å². The van der Waals surface area contributed by atoms with Gasteiger partial charge in [-0.1, -0.05) is 12.1 Å². The Labute approximate surface area is 168 Å². The summed E-state index contributed by atoms with van der Waals surface area (Å²) < 4.78 is 15.5. The summed E-state index contributed by atoms with van der Waals surface area (Å²) in [5, 5.41) is 4.40. The van der Waals surface area contributed by atoms with Gasteiger partial charge in [-0.05, 0) is 50.1 Å². The Kier molecular flexibility index (Phi) is 4.89. The Morgan fingerprint density at radius 1 is 1.11 bits per heavy atom. The van der Waals surface area contributed by atoms with Crippen LogP contribution in [0.5, 0.6) is 0 Å². The van der Waals surface area contributed by atoms with Gasteiger partial charge < -0.3 is 9.47 Å². The number of rotatable bonds is 5. The Bertz CT molecular complexity index is 1130. The fraction of sp³-hybridized carbons (Fsp3) is 0.273. The third-order valence-corrected chi connectivity index (χ3v) is 6.03. The predicted molar refractivity (Wildman–Crippen MR) is 114 cm³/mol. The number of fused-ring (bicyclic) bond motifs is 1. The van der Waals surface area contributed by atoms with E-state index in [1.54, 1.807) is 11.3 Å². The first kappa shape index (κ1) is 18.6. The molecule has 0 fully saturated rings. The van der Waals surface area contributed by atoms with Crippen molar-refractivity contribution < 1.29 is 4.39 Å². The first-order valence-electron chi connectivity index (χ1n) is 9.25. The molecule has 0 aliphatic rings. The van der Waals surface area contributed by atoms with Crippen LogP contribution < -0.4 is 4.90 Å². The molecule has 0 amide bonds.